The summed E-state index contributed by atoms with van der Waals surface area (Å²) in [6, 6.07) is 6.47. The number of nitrogens with one attached hydrogen (secondary N) is 1. The quantitative estimate of drug-likeness (QED) is 0.535. The lowest BCUT2D eigenvalue weighted by molar-refractivity contribution is -0.139. The SMILES string of the molecule is CC(CCCCCN1C(=O)c2ccccc2C1=O)N[C@H](C)C(=O)O. The van der Waals surface area contributed by atoms with Crippen molar-refractivity contribution in [3.8, 4) is 0 Å². The van der Waals surface area contributed by atoms with Crippen molar-refractivity contribution in [3.63, 3.8) is 0 Å². The molecule has 24 heavy (non-hydrogen) atoms. The van der Waals surface area contributed by atoms with Gasteiger partial charge in [-0.25, -0.2) is 0 Å². The predicted octanol–water partition coefficient (Wildman–Crippen LogP) is 2.29. The first-order chi connectivity index (χ1) is 11.4. The molecule has 1 aliphatic heterocycles. The zero-order valence-electron chi connectivity index (χ0n) is 14.1. The van der Waals surface area contributed by atoms with Crippen LogP contribution in [0.3, 0.4) is 0 Å². The van der Waals surface area contributed by atoms with Crippen LogP contribution in [0, 0.1) is 0 Å². The monoisotopic (exact) mass is 332 g/mol. The Hall–Kier alpha value is -2.21. The number of aliphatic carboxylic acids is 1. The van der Waals surface area contributed by atoms with Gasteiger partial charge in [0.05, 0.1) is 11.1 Å². The summed E-state index contributed by atoms with van der Waals surface area (Å²) in [5, 5.41) is 11.9. The first kappa shape index (κ1) is 18.1. The van der Waals surface area contributed by atoms with Crippen molar-refractivity contribution >= 4 is 17.8 Å². The smallest absolute Gasteiger partial charge is 0.320 e. The summed E-state index contributed by atoms with van der Waals surface area (Å²) >= 11 is 0. The van der Waals surface area contributed by atoms with Crippen LogP contribution in [-0.2, 0) is 4.79 Å². The number of carbonyl (C=O) groups is 3. The maximum atomic E-state index is 12.2. The van der Waals surface area contributed by atoms with Crippen molar-refractivity contribution in [1.82, 2.24) is 10.2 Å². The Labute approximate surface area is 141 Å². The van der Waals surface area contributed by atoms with E-state index in [0.717, 1.165) is 25.7 Å². The van der Waals surface area contributed by atoms with Gasteiger partial charge in [-0.05, 0) is 38.8 Å². The van der Waals surface area contributed by atoms with E-state index in [2.05, 4.69) is 5.32 Å². The zero-order chi connectivity index (χ0) is 17.7. The zero-order valence-corrected chi connectivity index (χ0v) is 14.1. The summed E-state index contributed by atoms with van der Waals surface area (Å²) in [7, 11) is 0. The van der Waals surface area contributed by atoms with E-state index in [-0.39, 0.29) is 17.9 Å². The van der Waals surface area contributed by atoms with Crippen LogP contribution in [0.2, 0.25) is 0 Å². The second kappa shape index (κ2) is 8.06. The number of hydrogen-bond acceptors (Lipinski definition) is 4. The summed E-state index contributed by atoms with van der Waals surface area (Å²) in [5.41, 5.74) is 0.978. The van der Waals surface area contributed by atoms with Crippen LogP contribution < -0.4 is 5.32 Å². The van der Waals surface area contributed by atoms with Gasteiger partial charge in [0.15, 0.2) is 0 Å². The normalized spacial score (nSPS) is 16.2. The molecule has 2 rings (SSSR count). The largest absolute Gasteiger partial charge is 0.480 e. The summed E-state index contributed by atoms with van der Waals surface area (Å²) in [4.78, 5) is 36.5. The summed E-state index contributed by atoms with van der Waals surface area (Å²) < 4.78 is 0. The van der Waals surface area contributed by atoms with Gasteiger partial charge in [-0.3, -0.25) is 19.3 Å². The molecule has 0 saturated carbocycles. The van der Waals surface area contributed by atoms with Crippen molar-refractivity contribution in [2.24, 2.45) is 0 Å². The number of amides is 2. The summed E-state index contributed by atoms with van der Waals surface area (Å²) in [6.45, 7) is 4.02. The number of carboxylic acids is 1. The molecule has 1 heterocycles. The van der Waals surface area contributed by atoms with E-state index in [9.17, 15) is 14.4 Å². The highest BCUT2D eigenvalue weighted by atomic mass is 16.4. The van der Waals surface area contributed by atoms with Gasteiger partial charge in [0.25, 0.3) is 11.8 Å². The standard InChI is InChI=1S/C18H24N2O4/c1-12(19-13(2)18(23)24)8-4-3-7-11-20-16(21)14-9-5-6-10-15(14)17(20)22/h5-6,9-10,12-13,19H,3-4,7-8,11H2,1-2H3,(H,23,24)/t12?,13-/m1/s1. The van der Waals surface area contributed by atoms with Crippen LogP contribution in [0.1, 0.15) is 60.2 Å². The van der Waals surface area contributed by atoms with Crippen molar-refractivity contribution in [3.05, 3.63) is 35.4 Å². The van der Waals surface area contributed by atoms with Crippen LogP contribution in [0.15, 0.2) is 24.3 Å². The molecule has 0 saturated heterocycles. The topological polar surface area (TPSA) is 86.7 Å². The Morgan fingerprint density at radius 1 is 1.08 bits per heavy atom. The molecule has 1 aromatic rings. The highest BCUT2D eigenvalue weighted by Gasteiger charge is 2.34. The third kappa shape index (κ3) is 4.20. The Kier molecular flexibility index (Phi) is 6.09. The third-order valence-corrected chi connectivity index (χ3v) is 4.30. The van der Waals surface area contributed by atoms with Gasteiger partial charge in [0, 0.05) is 12.6 Å². The molecule has 0 radical (unpaired) electrons. The van der Waals surface area contributed by atoms with Gasteiger partial charge < -0.3 is 10.4 Å². The minimum absolute atomic E-state index is 0.121. The number of nitrogens with zero attached hydrogens (tertiary/aromatic N) is 1. The molecule has 0 spiro atoms. The molecular weight excluding hydrogens is 308 g/mol. The maximum Gasteiger partial charge on any atom is 0.320 e. The number of unbranched alkanes of at least 4 members (excludes halogenated alkanes) is 2. The minimum atomic E-state index is -0.854. The van der Waals surface area contributed by atoms with Gasteiger partial charge in [-0.15, -0.1) is 0 Å². The highest BCUT2D eigenvalue weighted by Crippen LogP contribution is 2.22. The second-order valence-corrected chi connectivity index (χ2v) is 6.28. The summed E-state index contributed by atoms with van der Waals surface area (Å²) in [5.74, 6) is -1.27. The number of carboxylic acid groups (broad SMARTS) is 1. The molecule has 6 nitrogen and oxygen atoms in total. The first-order valence-electron chi connectivity index (χ1n) is 8.36. The molecule has 1 aliphatic rings. The number of carbonyl (C=O) groups excluding carboxylic acids is 2. The Balaban J connectivity index is 1.70. The first-order valence-corrected chi connectivity index (χ1v) is 8.36. The fraction of sp³-hybridized carbons (Fsp3) is 0.500. The molecule has 6 heteroatoms. The van der Waals surface area contributed by atoms with Gasteiger partial charge in [0.1, 0.15) is 6.04 Å². The number of fused-ring (bicyclic) bond motifs is 1. The van der Waals surface area contributed by atoms with Crippen LogP contribution in [0.4, 0.5) is 0 Å². The molecule has 0 fully saturated rings. The lowest BCUT2D eigenvalue weighted by Gasteiger charge is -2.17. The average Bonchev–Trinajstić information content (AvgIpc) is 2.79. The molecule has 1 unspecified atom stereocenters. The lowest BCUT2D eigenvalue weighted by atomic mass is 10.1. The van der Waals surface area contributed by atoms with Crippen molar-refractivity contribution in [1.29, 1.82) is 0 Å². The molecule has 1 aromatic carbocycles. The highest BCUT2D eigenvalue weighted by molar-refractivity contribution is 6.21. The van der Waals surface area contributed by atoms with E-state index in [1.165, 1.54) is 4.90 Å². The molecule has 0 aromatic heterocycles. The Bertz CT molecular complexity index is 594. The molecule has 2 N–H and O–H groups in total. The van der Waals surface area contributed by atoms with Crippen molar-refractivity contribution in [2.75, 3.05) is 6.54 Å². The van der Waals surface area contributed by atoms with E-state index in [4.69, 9.17) is 5.11 Å². The number of imide groups is 1. The lowest BCUT2D eigenvalue weighted by Crippen LogP contribution is -2.39. The van der Waals surface area contributed by atoms with Gasteiger partial charge >= 0.3 is 5.97 Å². The summed E-state index contributed by atoms with van der Waals surface area (Å²) in [6.07, 6.45) is 3.43. The van der Waals surface area contributed by atoms with Crippen LogP contribution in [-0.4, -0.2) is 46.4 Å². The number of rotatable bonds is 9. The van der Waals surface area contributed by atoms with Gasteiger partial charge in [0.2, 0.25) is 0 Å². The van der Waals surface area contributed by atoms with Gasteiger partial charge in [-0.2, -0.15) is 0 Å². The molecule has 0 aliphatic carbocycles. The maximum absolute atomic E-state index is 12.2. The molecule has 130 valence electrons. The van der Waals surface area contributed by atoms with E-state index in [1.807, 2.05) is 6.92 Å². The van der Waals surface area contributed by atoms with E-state index < -0.39 is 12.0 Å². The van der Waals surface area contributed by atoms with Crippen LogP contribution in [0.5, 0.6) is 0 Å². The number of benzene rings is 1. The predicted molar refractivity (Wildman–Crippen MR) is 90.0 cm³/mol. The van der Waals surface area contributed by atoms with Gasteiger partial charge in [-0.1, -0.05) is 25.0 Å². The average molecular weight is 332 g/mol. The minimum Gasteiger partial charge on any atom is -0.480 e. The van der Waals surface area contributed by atoms with Crippen LogP contribution >= 0.6 is 0 Å². The Morgan fingerprint density at radius 3 is 2.21 bits per heavy atom. The van der Waals surface area contributed by atoms with E-state index in [0.29, 0.717) is 17.7 Å². The molecular formula is C18H24N2O4. The fourth-order valence-corrected chi connectivity index (χ4v) is 2.92. The molecule has 0 bridgehead atoms. The molecule has 2 atom stereocenters. The van der Waals surface area contributed by atoms with Crippen LogP contribution in [0.25, 0.3) is 0 Å². The number of hydrogen-bond donors (Lipinski definition) is 2. The van der Waals surface area contributed by atoms with Crippen molar-refractivity contribution < 1.29 is 19.5 Å². The van der Waals surface area contributed by atoms with E-state index >= 15 is 0 Å². The Morgan fingerprint density at radius 2 is 1.67 bits per heavy atom. The second-order valence-electron chi connectivity index (χ2n) is 6.28. The molecule has 2 amide bonds. The fourth-order valence-electron chi connectivity index (χ4n) is 2.92. The van der Waals surface area contributed by atoms with Crippen molar-refractivity contribution in [2.45, 2.75) is 51.6 Å². The third-order valence-electron chi connectivity index (χ3n) is 4.30. The van der Waals surface area contributed by atoms with E-state index in [1.54, 1.807) is 31.2 Å².